The van der Waals surface area contributed by atoms with Crippen LogP contribution >= 0.6 is 0 Å². The molecule has 0 spiro atoms. The van der Waals surface area contributed by atoms with Crippen molar-refractivity contribution in [1.29, 1.82) is 0 Å². The van der Waals surface area contributed by atoms with Crippen LogP contribution in [0.2, 0.25) is 0 Å². The fourth-order valence-electron chi connectivity index (χ4n) is 1.70. The van der Waals surface area contributed by atoms with Gasteiger partial charge in [-0.1, -0.05) is 19.8 Å². The van der Waals surface area contributed by atoms with Crippen molar-refractivity contribution in [3.63, 3.8) is 0 Å². The number of nitrogens with one attached hydrogen (secondary N) is 1. The van der Waals surface area contributed by atoms with Gasteiger partial charge in [0.05, 0.1) is 0 Å². The smallest absolute Gasteiger partial charge is 0.000778 e. The van der Waals surface area contributed by atoms with Crippen LogP contribution < -0.4 is 5.32 Å². The monoisotopic (exact) mass is 184 g/mol. The topological polar surface area (TPSA) is 15.3 Å². The van der Waals surface area contributed by atoms with E-state index in [9.17, 15) is 0 Å². The van der Waals surface area contributed by atoms with E-state index in [-0.39, 0.29) is 0 Å². The van der Waals surface area contributed by atoms with Crippen molar-refractivity contribution in [3.8, 4) is 0 Å². The molecule has 1 heterocycles. The zero-order valence-electron chi connectivity index (χ0n) is 9.18. The number of rotatable bonds is 7. The molecule has 0 bridgehead atoms. The summed E-state index contributed by atoms with van der Waals surface area (Å²) in [6.45, 7) is 7.34. The highest BCUT2D eigenvalue weighted by Gasteiger charge is 2.16. The molecule has 1 saturated heterocycles. The van der Waals surface area contributed by atoms with E-state index in [1.807, 2.05) is 0 Å². The van der Waals surface area contributed by atoms with Gasteiger partial charge in [0.15, 0.2) is 0 Å². The zero-order valence-corrected chi connectivity index (χ0v) is 9.18. The average Bonchev–Trinajstić information content (AvgIpc) is 2.02. The molecule has 2 heteroatoms. The Morgan fingerprint density at radius 1 is 1.23 bits per heavy atom. The maximum absolute atomic E-state index is 3.32. The first-order valence-electron chi connectivity index (χ1n) is 5.72. The summed E-state index contributed by atoms with van der Waals surface area (Å²) in [6.07, 6.45) is 5.47. The molecule has 1 rings (SSSR count). The van der Waals surface area contributed by atoms with Crippen LogP contribution in [0.4, 0.5) is 0 Å². The van der Waals surface area contributed by atoms with E-state index in [0.717, 1.165) is 5.92 Å². The minimum atomic E-state index is 0.966. The Bertz CT molecular complexity index is 121. The van der Waals surface area contributed by atoms with Crippen molar-refractivity contribution in [2.24, 2.45) is 5.92 Å². The molecule has 13 heavy (non-hydrogen) atoms. The van der Waals surface area contributed by atoms with E-state index in [2.05, 4.69) is 24.2 Å². The molecule has 0 aromatic heterocycles. The molecule has 1 aliphatic rings. The third kappa shape index (κ3) is 4.63. The fourth-order valence-corrected chi connectivity index (χ4v) is 1.70. The van der Waals surface area contributed by atoms with Gasteiger partial charge in [0.1, 0.15) is 0 Å². The molecule has 0 unspecified atom stereocenters. The summed E-state index contributed by atoms with van der Waals surface area (Å²) in [4.78, 5) is 2.48. The Kier molecular flexibility index (Phi) is 5.40. The number of nitrogens with zero attached hydrogens (tertiary/aromatic N) is 1. The first kappa shape index (κ1) is 11.0. The van der Waals surface area contributed by atoms with Crippen LogP contribution in [0.3, 0.4) is 0 Å². The second-order valence-electron chi connectivity index (χ2n) is 4.32. The van der Waals surface area contributed by atoms with Crippen molar-refractivity contribution in [2.75, 3.05) is 33.2 Å². The second kappa shape index (κ2) is 6.39. The highest BCUT2D eigenvalue weighted by atomic mass is 15.1. The summed E-state index contributed by atoms with van der Waals surface area (Å²) < 4.78 is 0. The first-order valence-corrected chi connectivity index (χ1v) is 5.72. The maximum Gasteiger partial charge on any atom is -0.000778 e. The van der Waals surface area contributed by atoms with Crippen molar-refractivity contribution in [3.05, 3.63) is 0 Å². The summed E-state index contributed by atoms with van der Waals surface area (Å²) in [5.74, 6) is 0.966. The fraction of sp³-hybridized carbons (Fsp3) is 1.00. The lowest BCUT2D eigenvalue weighted by Crippen LogP contribution is -2.43. The van der Waals surface area contributed by atoms with Gasteiger partial charge in [-0.3, -0.25) is 0 Å². The molecule has 0 aromatic carbocycles. The average molecular weight is 184 g/mol. The minimum absolute atomic E-state index is 0.966. The second-order valence-corrected chi connectivity index (χ2v) is 4.32. The van der Waals surface area contributed by atoms with Crippen LogP contribution in [0.1, 0.15) is 32.6 Å². The molecule has 0 radical (unpaired) electrons. The van der Waals surface area contributed by atoms with Gasteiger partial charge < -0.3 is 10.2 Å². The standard InChI is InChI=1S/C11H24N2/c1-3-4-5-7-13(2)8-6-11-9-12-10-11/h11-12H,3-10H2,1-2H3. The Morgan fingerprint density at radius 2 is 2.00 bits per heavy atom. The van der Waals surface area contributed by atoms with Gasteiger partial charge in [-0.2, -0.15) is 0 Å². The Morgan fingerprint density at radius 3 is 2.54 bits per heavy atom. The lowest BCUT2D eigenvalue weighted by atomic mass is 9.99. The summed E-state index contributed by atoms with van der Waals surface area (Å²) in [5, 5.41) is 3.32. The van der Waals surface area contributed by atoms with E-state index in [1.54, 1.807) is 0 Å². The summed E-state index contributed by atoms with van der Waals surface area (Å²) in [5.41, 5.74) is 0. The molecule has 0 saturated carbocycles. The van der Waals surface area contributed by atoms with E-state index in [4.69, 9.17) is 0 Å². The number of hydrogen-bond acceptors (Lipinski definition) is 2. The van der Waals surface area contributed by atoms with Gasteiger partial charge in [0.2, 0.25) is 0 Å². The van der Waals surface area contributed by atoms with Gasteiger partial charge in [0.25, 0.3) is 0 Å². The Hall–Kier alpha value is -0.0800. The van der Waals surface area contributed by atoms with E-state index in [0.29, 0.717) is 0 Å². The Balaban J connectivity index is 1.87. The van der Waals surface area contributed by atoms with Crippen LogP contribution in [0, 0.1) is 5.92 Å². The molecule has 78 valence electrons. The van der Waals surface area contributed by atoms with Crippen molar-refractivity contribution >= 4 is 0 Å². The minimum Gasteiger partial charge on any atom is -0.316 e. The first-order chi connectivity index (χ1) is 6.33. The normalized spacial score (nSPS) is 17.8. The molecule has 2 nitrogen and oxygen atoms in total. The predicted octanol–water partition coefficient (Wildman–Crippen LogP) is 1.72. The third-order valence-electron chi connectivity index (χ3n) is 2.93. The summed E-state index contributed by atoms with van der Waals surface area (Å²) >= 11 is 0. The highest BCUT2D eigenvalue weighted by molar-refractivity contribution is 4.75. The molecule has 0 aliphatic carbocycles. The molecule has 1 aliphatic heterocycles. The summed E-state index contributed by atoms with van der Waals surface area (Å²) in [6, 6.07) is 0. The lowest BCUT2D eigenvalue weighted by Gasteiger charge is -2.29. The van der Waals surface area contributed by atoms with Crippen molar-refractivity contribution in [2.45, 2.75) is 32.6 Å². The van der Waals surface area contributed by atoms with Crippen LogP contribution in [0.15, 0.2) is 0 Å². The molecule has 1 fully saturated rings. The molecule has 1 N–H and O–H groups in total. The zero-order chi connectivity index (χ0) is 9.52. The number of hydrogen-bond donors (Lipinski definition) is 1. The molecule has 0 amide bonds. The molecular weight excluding hydrogens is 160 g/mol. The van der Waals surface area contributed by atoms with Crippen molar-refractivity contribution in [1.82, 2.24) is 10.2 Å². The summed E-state index contributed by atoms with van der Waals surface area (Å²) in [7, 11) is 2.25. The van der Waals surface area contributed by atoms with Crippen LogP contribution in [-0.4, -0.2) is 38.1 Å². The van der Waals surface area contributed by atoms with Gasteiger partial charge in [-0.25, -0.2) is 0 Å². The van der Waals surface area contributed by atoms with Crippen molar-refractivity contribution < 1.29 is 0 Å². The Labute approximate surface area is 82.7 Å². The highest BCUT2D eigenvalue weighted by Crippen LogP contribution is 2.08. The van der Waals surface area contributed by atoms with Gasteiger partial charge >= 0.3 is 0 Å². The lowest BCUT2D eigenvalue weighted by molar-refractivity contribution is 0.254. The van der Waals surface area contributed by atoms with E-state index >= 15 is 0 Å². The molecule has 0 aromatic rings. The van der Waals surface area contributed by atoms with Gasteiger partial charge in [-0.05, 0) is 52.0 Å². The predicted molar refractivity (Wildman–Crippen MR) is 58.0 cm³/mol. The largest absolute Gasteiger partial charge is 0.316 e. The van der Waals surface area contributed by atoms with Crippen LogP contribution in [0.25, 0.3) is 0 Å². The third-order valence-corrected chi connectivity index (χ3v) is 2.93. The molecular formula is C11H24N2. The SMILES string of the molecule is CCCCCN(C)CCC1CNC1. The van der Waals surface area contributed by atoms with Gasteiger partial charge in [-0.15, -0.1) is 0 Å². The number of unbranched alkanes of at least 4 members (excludes halogenated alkanes) is 2. The molecule has 0 atom stereocenters. The van der Waals surface area contributed by atoms with Crippen LogP contribution in [-0.2, 0) is 0 Å². The van der Waals surface area contributed by atoms with E-state index < -0.39 is 0 Å². The quantitative estimate of drug-likeness (QED) is 0.606. The van der Waals surface area contributed by atoms with E-state index in [1.165, 1.54) is 51.9 Å². The van der Waals surface area contributed by atoms with Gasteiger partial charge in [0, 0.05) is 0 Å². The maximum atomic E-state index is 3.32. The van der Waals surface area contributed by atoms with Crippen LogP contribution in [0.5, 0.6) is 0 Å².